The first-order valence-corrected chi connectivity index (χ1v) is 5.94. The van der Waals surface area contributed by atoms with E-state index in [1.165, 1.54) is 0 Å². The van der Waals surface area contributed by atoms with E-state index in [1.807, 2.05) is 0 Å². The van der Waals surface area contributed by atoms with Crippen LogP contribution in [0.5, 0.6) is 0 Å². The number of rotatable bonds is 9. The third-order valence-electron chi connectivity index (χ3n) is 1.36. The Hall–Kier alpha value is -0.420. The highest BCUT2D eigenvalue weighted by molar-refractivity contribution is 7.87. The molecule has 0 unspecified atom stereocenters. The van der Waals surface area contributed by atoms with Crippen molar-refractivity contribution in [2.45, 2.75) is 5.51 Å². The van der Waals surface area contributed by atoms with Crippen molar-refractivity contribution in [1.82, 2.24) is 0 Å². The summed E-state index contributed by atoms with van der Waals surface area (Å²) in [7, 11) is -5.54. The molecule has 0 aliphatic rings. The van der Waals surface area contributed by atoms with E-state index in [0.29, 0.717) is 0 Å². The van der Waals surface area contributed by atoms with E-state index in [4.69, 9.17) is 14.6 Å². The first-order valence-electron chi connectivity index (χ1n) is 4.53. The van der Waals surface area contributed by atoms with Crippen molar-refractivity contribution in [3.63, 3.8) is 0 Å². The van der Waals surface area contributed by atoms with Crippen LogP contribution >= 0.6 is 0 Å². The van der Waals surface area contributed by atoms with E-state index in [-0.39, 0.29) is 33.0 Å². The Balaban J connectivity index is 3.53. The van der Waals surface area contributed by atoms with Crippen molar-refractivity contribution < 1.29 is 40.4 Å². The van der Waals surface area contributed by atoms with Gasteiger partial charge in [0.1, 0.15) is 0 Å². The first-order chi connectivity index (χ1) is 7.81. The van der Waals surface area contributed by atoms with Gasteiger partial charge in [-0.15, -0.1) is 0 Å². The predicted octanol–water partition coefficient (Wildman–Crippen LogP) is -0.122. The summed E-state index contributed by atoms with van der Waals surface area (Å²) in [5, 5.41) is 8.31. The van der Waals surface area contributed by atoms with Gasteiger partial charge in [-0.25, -0.2) is 0 Å². The zero-order valence-corrected chi connectivity index (χ0v) is 9.59. The van der Waals surface area contributed by atoms with E-state index in [0.717, 1.165) is 0 Å². The highest BCUT2D eigenvalue weighted by atomic mass is 32.2. The molecule has 1 N–H and O–H groups in total. The SMILES string of the molecule is O=S(=O)(OCCOCCOCCO)C(F)(F)F. The molecular weight excluding hydrogens is 269 g/mol. The Bertz CT molecular complexity index is 288. The van der Waals surface area contributed by atoms with Gasteiger partial charge in [0.15, 0.2) is 0 Å². The van der Waals surface area contributed by atoms with Crippen LogP contribution in [0.2, 0.25) is 0 Å². The molecule has 0 saturated carbocycles. The predicted molar refractivity (Wildman–Crippen MR) is 49.7 cm³/mol. The van der Waals surface area contributed by atoms with Crippen LogP contribution in [0, 0.1) is 0 Å². The lowest BCUT2D eigenvalue weighted by atomic mass is 10.7. The van der Waals surface area contributed by atoms with Crippen molar-refractivity contribution in [3.8, 4) is 0 Å². The van der Waals surface area contributed by atoms with Crippen LogP contribution < -0.4 is 0 Å². The average Bonchev–Trinajstić information content (AvgIpc) is 2.20. The van der Waals surface area contributed by atoms with Crippen molar-refractivity contribution in [3.05, 3.63) is 0 Å². The van der Waals surface area contributed by atoms with Gasteiger partial charge >= 0.3 is 15.6 Å². The van der Waals surface area contributed by atoms with Crippen molar-refractivity contribution >= 4 is 10.1 Å². The molecule has 0 heterocycles. The lowest BCUT2D eigenvalue weighted by Gasteiger charge is -2.08. The Morgan fingerprint density at radius 2 is 1.41 bits per heavy atom. The summed E-state index contributed by atoms with van der Waals surface area (Å²) in [6.45, 7) is -0.836. The molecule has 104 valence electrons. The van der Waals surface area contributed by atoms with Crippen LogP contribution in [-0.2, 0) is 23.8 Å². The van der Waals surface area contributed by atoms with Gasteiger partial charge in [-0.05, 0) is 0 Å². The second-order valence-corrected chi connectivity index (χ2v) is 4.28. The lowest BCUT2D eigenvalue weighted by Crippen LogP contribution is -2.27. The van der Waals surface area contributed by atoms with Crippen molar-refractivity contribution in [2.75, 3.05) is 39.6 Å². The minimum absolute atomic E-state index is 0.0649. The van der Waals surface area contributed by atoms with E-state index in [9.17, 15) is 21.6 Å². The van der Waals surface area contributed by atoms with Crippen LogP contribution in [-0.4, -0.2) is 58.7 Å². The first kappa shape index (κ1) is 16.6. The molecule has 0 bridgehead atoms. The largest absolute Gasteiger partial charge is 0.523 e. The Morgan fingerprint density at radius 1 is 0.941 bits per heavy atom. The summed E-state index contributed by atoms with van der Waals surface area (Å²) in [6, 6.07) is 0. The fraction of sp³-hybridized carbons (Fsp3) is 1.00. The normalized spacial score (nSPS) is 12.9. The van der Waals surface area contributed by atoms with E-state index in [1.54, 1.807) is 0 Å². The topological polar surface area (TPSA) is 82.1 Å². The highest BCUT2D eigenvalue weighted by Crippen LogP contribution is 2.24. The molecule has 0 rings (SSSR count). The fourth-order valence-electron chi connectivity index (χ4n) is 0.656. The molecule has 17 heavy (non-hydrogen) atoms. The summed E-state index contributed by atoms with van der Waals surface area (Å²) < 4.78 is 69.2. The molecule has 0 aromatic rings. The van der Waals surface area contributed by atoms with Crippen LogP contribution in [0.1, 0.15) is 0 Å². The zero-order chi connectivity index (χ0) is 13.4. The molecule has 0 radical (unpaired) electrons. The number of aliphatic hydroxyl groups is 1. The highest BCUT2D eigenvalue weighted by Gasteiger charge is 2.47. The molecule has 10 heteroatoms. The van der Waals surface area contributed by atoms with Crippen LogP contribution in [0.25, 0.3) is 0 Å². The lowest BCUT2D eigenvalue weighted by molar-refractivity contribution is -0.0559. The van der Waals surface area contributed by atoms with Gasteiger partial charge in [-0.1, -0.05) is 0 Å². The smallest absolute Gasteiger partial charge is 0.394 e. The van der Waals surface area contributed by atoms with Gasteiger partial charge < -0.3 is 14.6 Å². The van der Waals surface area contributed by atoms with Crippen LogP contribution in [0.15, 0.2) is 0 Å². The summed E-state index contributed by atoms with van der Waals surface area (Å²) in [4.78, 5) is 0. The fourth-order valence-corrected chi connectivity index (χ4v) is 1.08. The third-order valence-corrected chi connectivity index (χ3v) is 2.40. The van der Waals surface area contributed by atoms with Gasteiger partial charge in [-0.2, -0.15) is 21.6 Å². The zero-order valence-electron chi connectivity index (χ0n) is 8.77. The van der Waals surface area contributed by atoms with Gasteiger partial charge in [0, 0.05) is 0 Å². The molecule has 0 fully saturated rings. The van der Waals surface area contributed by atoms with Gasteiger partial charge in [0.25, 0.3) is 0 Å². The maximum absolute atomic E-state index is 11.8. The maximum Gasteiger partial charge on any atom is 0.523 e. The number of aliphatic hydroxyl groups excluding tert-OH is 1. The van der Waals surface area contributed by atoms with Gasteiger partial charge in [0.05, 0.1) is 39.6 Å². The van der Waals surface area contributed by atoms with Gasteiger partial charge in [-0.3, -0.25) is 4.18 Å². The minimum atomic E-state index is -5.54. The third kappa shape index (κ3) is 7.49. The minimum Gasteiger partial charge on any atom is -0.394 e. The summed E-state index contributed by atoms with van der Waals surface area (Å²) in [5.41, 5.74) is -5.42. The molecule has 0 atom stereocenters. The monoisotopic (exact) mass is 282 g/mol. The number of hydrogen-bond donors (Lipinski definition) is 1. The van der Waals surface area contributed by atoms with Crippen LogP contribution in [0.4, 0.5) is 13.2 Å². The summed E-state index contributed by atoms with van der Waals surface area (Å²) in [6.07, 6.45) is 0. The number of hydrogen-bond acceptors (Lipinski definition) is 6. The molecule has 0 aliphatic carbocycles. The summed E-state index contributed by atoms with van der Waals surface area (Å²) >= 11 is 0. The number of halogens is 3. The maximum atomic E-state index is 11.8. The van der Waals surface area contributed by atoms with E-state index >= 15 is 0 Å². The van der Waals surface area contributed by atoms with Crippen LogP contribution in [0.3, 0.4) is 0 Å². The van der Waals surface area contributed by atoms with Crippen molar-refractivity contribution in [2.24, 2.45) is 0 Å². The summed E-state index contributed by atoms with van der Waals surface area (Å²) in [5.74, 6) is 0. The second-order valence-electron chi connectivity index (χ2n) is 2.67. The molecule has 0 aliphatic heterocycles. The Kier molecular flexibility index (Phi) is 7.63. The second kappa shape index (κ2) is 7.82. The molecular formula is C7H13F3O6S. The van der Waals surface area contributed by atoms with E-state index in [2.05, 4.69) is 4.18 Å². The standard InChI is InChI=1S/C7H13F3O6S/c8-7(9,10)17(12,13)16-6-5-15-4-3-14-2-1-11/h11H,1-6H2. The Morgan fingerprint density at radius 3 is 1.88 bits per heavy atom. The molecule has 0 saturated heterocycles. The molecule has 0 aromatic heterocycles. The molecule has 0 amide bonds. The molecule has 0 spiro atoms. The average molecular weight is 282 g/mol. The Labute approximate surface area is 96.4 Å². The molecule has 0 aromatic carbocycles. The van der Waals surface area contributed by atoms with Crippen molar-refractivity contribution in [1.29, 1.82) is 0 Å². The quantitative estimate of drug-likeness (QED) is 0.360. The molecule has 6 nitrogen and oxygen atoms in total. The number of ether oxygens (including phenoxy) is 2. The van der Waals surface area contributed by atoms with E-state index < -0.39 is 22.2 Å². The van der Waals surface area contributed by atoms with Gasteiger partial charge in [0.2, 0.25) is 0 Å². The number of alkyl halides is 3.